The fourth-order valence-electron chi connectivity index (χ4n) is 4.23. The van der Waals surface area contributed by atoms with Crippen LogP contribution in [0.15, 0.2) is 40.1 Å². The van der Waals surface area contributed by atoms with Crippen molar-refractivity contribution in [1.29, 1.82) is 0 Å². The highest BCUT2D eigenvalue weighted by Gasteiger charge is 2.35. The summed E-state index contributed by atoms with van der Waals surface area (Å²) in [7, 11) is -9.06. The molecule has 0 atom stereocenters. The number of nitrogens with two attached hydrogens (primary N) is 3. The number of hydrogen-bond acceptors (Lipinski definition) is 13. The van der Waals surface area contributed by atoms with Crippen molar-refractivity contribution in [3.8, 4) is 22.5 Å². The quantitative estimate of drug-likeness (QED) is 0.149. The summed E-state index contributed by atoms with van der Waals surface area (Å²) in [5, 5.41) is 26.4. The molecule has 0 bridgehead atoms. The van der Waals surface area contributed by atoms with E-state index in [0.717, 1.165) is 4.70 Å². The number of nitrogens with zero attached hydrogens (tertiary/aromatic N) is 4. The number of sulfonamides is 2. The number of tetrazole rings is 1. The fourth-order valence-corrected chi connectivity index (χ4v) is 7.73. The second kappa shape index (κ2) is 11.5. The van der Waals surface area contributed by atoms with Gasteiger partial charge in [-0.15, -0.1) is 10.2 Å². The van der Waals surface area contributed by atoms with E-state index in [2.05, 4.69) is 30.3 Å². The second-order valence-corrected chi connectivity index (χ2v) is 13.0. The van der Waals surface area contributed by atoms with Gasteiger partial charge in [0.25, 0.3) is 6.47 Å². The third kappa shape index (κ3) is 6.09. The Morgan fingerprint density at radius 1 is 1.15 bits per heavy atom. The molecule has 0 aliphatic carbocycles. The van der Waals surface area contributed by atoms with Gasteiger partial charge in [-0.2, -0.15) is 5.21 Å². The van der Waals surface area contributed by atoms with Gasteiger partial charge in [0.15, 0.2) is 5.13 Å². The lowest BCUT2D eigenvalue weighted by Crippen LogP contribution is -2.53. The minimum atomic E-state index is -4.64. The van der Waals surface area contributed by atoms with Gasteiger partial charge in [-0.1, -0.05) is 29.5 Å². The van der Waals surface area contributed by atoms with Crippen LogP contribution in [0.5, 0.6) is 0 Å². The number of ether oxygens (including phenoxy) is 1. The van der Waals surface area contributed by atoms with Gasteiger partial charge in [0.2, 0.25) is 25.9 Å². The van der Waals surface area contributed by atoms with E-state index in [9.17, 15) is 16.8 Å². The van der Waals surface area contributed by atoms with Gasteiger partial charge in [0, 0.05) is 30.9 Å². The summed E-state index contributed by atoms with van der Waals surface area (Å²) in [6.45, 7) is 0.410. The van der Waals surface area contributed by atoms with Crippen molar-refractivity contribution in [2.75, 3.05) is 25.5 Å². The molecule has 2 aromatic heterocycles. The first kappa shape index (κ1) is 29.4. The summed E-state index contributed by atoms with van der Waals surface area (Å²) in [4.78, 5) is 11.5. The topological polar surface area (TPSA) is 272 Å². The van der Waals surface area contributed by atoms with Crippen LogP contribution in [0.25, 0.3) is 32.7 Å². The van der Waals surface area contributed by atoms with Crippen LogP contribution in [0.2, 0.25) is 0 Å². The van der Waals surface area contributed by atoms with Crippen LogP contribution >= 0.6 is 11.3 Å². The number of nitrogens with one attached hydrogen (secondary N) is 2. The number of nitrogen functional groups attached to an aromatic ring is 1. The van der Waals surface area contributed by atoms with Crippen LogP contribution in [0.1, 0.15) is 12.8 Å². The Morgan fingerprint density at radius 2 is 1.85 bits per heavy atom. The first-order valence-electron chi connectivity index (χ1n) is 11.4. The summed E-state index contributed by atoms with van der Waals surface area (Å²) >= 11 is 1.25. The molecule has 0 unspecified atom stereocenters. The molecular formula is C21H25N9O7S3. The highest BCUT2D eigenvalue weighted by molar-refractivity contribution is 7.92. The average molecular weight is 612 g/mol. The molecule has 3 heterocycles. The number of H-pyrrole nitrogens is 1. The SMILES string of the molecule is Nc1nc2c(-c3ccc(S(=O)(=O)NCC4(N)CCOCC4)c(S(N)(=O)=O)c3-c3nn[nH]n3)cccc2s1.O=CO. The number of hydrogen-bond donors (Lipinski definition) is 6. The number of anilines is 1. The molecule has 0 radical (unpaired) electrons. The van der Waals surface area contributed by atoms with Gasteiger partial charge >= 0.3 is 0 Å². The molecule has 214 valence electrons. The summed E-state index contributed by atoms with van der Waals surface area (Å²) in [5.41, 5.74) is 12.5. The maximum absolute atomic E-state index is 13.5. The van der Waals surface area contributed by atoms with E-state index in [4.69, 9.17) is 31.2 Å². The van der Waals surface area contributed by atoms with Crippen LogP contribution in [0.3, 0.4) is 0 Å². The van der Waals surface area contributed by atoms with Crippen LogP contribution in [-0.4, -0.2) is 79.3 Å². The summed E-state index contributed by atoms with van der Waals surface area (Å²) in [5.74, 6) is -0.170. The van der Waals surface area contributed by atoms with Crippen LogP contribution < -0.4 is 21.3 Å². The molecule has 4 aromatic rings. The molecule has 1 aliphatic rings. The lowest BCUT2D eigenvalue weighted by atomic mass is 9.92. The Kier molecular flexibility index (Phi) is 8.44. The first-order chi connectivity index (χ1) is 18.9. The number of rotatable bonds is 7. The fraction of sp³-hybridized carbons (Fsp3) is 0.286. The zero-order chi connectivity index (χ0) is 29.1. The zero-order valence-electron chi connectivity index (χ0n) is 20.6. The molecule has 1 fully saturated rings. The largest absolute Gasteiger partial charge is 0.483 e. The third-order valence-corrected chi connectivity index (χ3v) is 9.51. The van der Waals surface area contributed by atoms with Gasteiger partial charge in [-0.25, -0.2) is 31.7 Å². The highest BCUT2D eigenvalue weighted by Crippen LogP contribution is 2.41. The molecule has 1 saturated heterocycles. The predicted molar refractivity (Wildman–Crippen MR) is 145 cm³/mol. The number of carbonyl (C=O) groups is 1. The van der Waals surface area contributed by atoms with Crippen LogP contribution in [0, 0.1) is 0 Å². The summed E-state index contributed by atoms with van der Waals surface area (Å²) in [6.07, 6.45) is 0.872. The number of benzene rings is 2. The number of primary sulfonamides is 1. The maximum atomic E-state index is 13.5. The monoisotopic (exact) mass is 611 g/mol. The van der Waals surface area contributed by atoms with Crippen LogP contribution in [0.4, 0.5) is 5.13 Å². The van der Waals surface area contributed by atoms with Gasteiger partial charge < -0.3 is 21.3 Å². The molecule has 5 rings (SSSR count). The number of para-hydroxylation sites is 1. The van der Waals surface area contributed by atoms with E-state index in [1.54, 1.807) is 12.1 Å². The van der Waals surface area contributed by atoms with Crippen molar-refractivity contribution >= 4 is 53.2 Å². The minimum Gasteiger partial charge on any atom is -0.483 e. The van der Waals surface area contributed by atoms with Crippen LogP contribution in [-0.2, 0) is 29.6 Å². The van der Waals surface area contributed by atoms with Gasteiger partial charge in [0.1, 0.15) is 9.79 Å². The van der Waals surface area contributed by atoms with Gasteiger partial charge in [0.05, 0.1) is 15.8 Å². The van der Waals surface area contributed by atoms with Crippen molar-refractivity contribution in [3.05, 3.63) is 30.3 Å². The van der Waals surface area contributed by atoms with E-state index in [1.807, 2.05) is 6.07 Å². The molecule has 0 saturated carbocycles. The summed E-state index contributed by atoms with van der Waals surface area (Å²) < 4.78 is 61.3. The Morgan fingerprint density at radius 3 is 2.48 bits per heavy atom. The Hall–Kier alpha value is -3.59. The third-order valence-electron chi connectivity index (χ3n) is 6.09. The smallest absolute Gasteiger partial charge is 0.290 e. The van der Waals surface area contributed by atoms with Crippen molar-refractivity contribution in [2.24, 2.45) is 10.9 Å². The lowest BCUT2D eigenvalue weighted by molar-refractivity contribution is -0.122. The Bertz CT molecular complexity index is 1730. The number of carboxylic acid groups (broad SMARTS) is 1. The molecule has 40 heavy (non-hydrogen) atoms. The van der Waals surface area contributed by atoms with E-state index in [-0.39, 0.29) is 30.0 Å². The summed E-state index contributed by atoms with van der Waals surface area (Å²) in [6, 6.07) is 7.87. The number of aromatic amines is 1. The Labute approximate surface area is 232 Å². The van der Waals surface area contributed by atoms with E-state index >= 15 is 0 Å². The first-order valence-corrected chi connectivity index (χ1v) is 15.3. The standard InChI is InChI=1S/C20H23N9O5S3.CH2O2/c21-19-25-16-12(2-1-3-13(16)35-19)11-4-5-14(17(36(23,30)31)15(11)18-26-28-29-27-18)37(32,33)24-10-20(22)6-8-34-9-7-20;2-1-3/h1-5,24H,6-10,22H2,(H2,21,25)(H2,23,30,31)(H,26,27,28,29);1H,(H,2,3). The molecule has 19 heteroatoms. The lowest BCUT2D eigenvalue weighted by Gasteiger charge is -2.33. The molecule has 9 N–H and O–H groups in total. The van der Waals surface area contributed by atoms with Crippen molar-refractivity contribution in [1.82, 2.24) is 30.3 Å². The second-order valence-electron chi connectivity index (χ2n) is 8.70. The van der Waals surface area contributed by atoms with E-state index < -0.39 is 35.4 Å². The minimum absolute atomic E-state index is 0.126. The van der Waals surface area contributed by atoms with Gasteiger partial charge in [-0.05, 0) is 35.8 Å². The molecule has 0 amide bonds. The highest BCUT2D eigenvalue weighted by atomic mass is 32.2. The number of thiazole rings is 1. The number of aromatic nitrogens is 5. The molecule has 1 aliphatic heterocycles. The van der Waals surface area contributed by atoms with Crippen molar-refractivity contribution in [3.63, 3.8) is 0 Å². The van der Waals surface area contributed by atoms with Crippen molar-refractivity contribution < 1.29 is 31.5 Å². The predicted octanol–water partition coefficient (Wildman–Crippen LogP) is -0.140. The normalized spacial score (nSPS) is 15.3. The molecule has 2 aromatic carbocycles. The maximum Gasteiger partial charge on any atom is 0.290 e. The van der Waals surface area contributed by atoms with E-state index in [1.165, 1.54) is 23.5 Å². The van der Waals surface area contributed by atoms with E-state index in [0.29, 0.717) is 42.3 Å². The zero-order valence-corrected chi connectivity index (χ0v) is 23.1. The number of fused-ring (bicyclic) bond motifs is 1. The molecular weight excluding hydrogens is 586 g/mol. The molecule has 0 spiro atoms. The van der Waals surface area contributed by atoms with Crippen molar-refractivity contribution in [2.45, 2.75) is 28.2 Å². The average Bonchev–Trinajstić information content (AvgIpc) is 3.56. The molecule has 16 nitrogen and oxygen atoms in total. The Balaban J connectivity index is 0.00000118. The van der Waals surface area contributed by atoms with Gasteiger partial charge in [-0.3, -0.25) is 4.79 Å².